The number of amides is 2. The van der Waals surface area contributed by atoms with Gasteiger partial charge < -0.3 is 20.9 Å². The molecular weight excluding hydrogens is 432 g/mol. The van der Waals surface area contributed by atoms with E-state index in [0.717, 1.165) is 53.2 Å². The number of nitrogens with two attached hydrogens (primary N) is 1. The highest BCUT2D eigenvalue weighted by molar-refractivity contribution is 9.10. The molecule has 152 valence electrons. The van der Waals surface area contributed by atoms with Crippen molar-refractivity contribution in [3.8, 4) is 0 Å². The summed E-state index contributed by atoms with van der Waals surface area (Å²) in [7, 11) is 0. The van der Waals surface area contributed by atoms with E-state index in [0.29, 0.717) is 12.1 Å². The number of nitrogens with one attached hydrogen (secondary N) is 1. The number of fused-ring (bicyclic) bond motifs is 1. The Hall–Kier alpha value is -2.38. The summed E-state index contributed by atoms with van der Waals surface area (Å²) in [5.41, 5.74) is 9.42. The number of primary amides is 1. The van der Waals surface area contributed by atoms with Crippen molar-refractivity contribution in [2.75, 3.05) is 31.1 Å². The normalized spacial score (nSPS) is 16.4. The molecule has 2 aliphatic heterocycles. The number of nitrogens with zero attached hydrogens (tertiary/aromatic N) is 2. The van der Waals surface area contributed by atoms with Gasteiger partial charge in [-0.3, -0.25) is 9.59 Å². The second-order valence-corrected chi connectivity index (χ2v) is 8.42. The quantitative estimate of drug-likeness (QED) is 0.697. The molecule has 0 radical (unpaired) electrons. The van der Waals surface area contributed by atoms with Crippen LogP contribution in [-0.4, -0.2) is 42.9 Å². The van der Waals surface area contributed by atoms with Crippen molar-refractivity contribution in [2.24, 2.45) is 5.73 Å². The molecule has 0 spiro atoms. The third-order valence-corrected chi connectivity index (χ3v) is 6.47. The predicted octanol–water partition coefficient (Wildman–Crippen LogP) is 3.42. The summed E-state index contributed by atoms with van der Waals surface area (Å²) >= 11 is 3.57. The van der Waals surface area contributed by atoms with Gasteiger partial charge in [0.25, 0.3) is 5.91 Å². The van der Waals surface area contributed by atoms with E-state index in [1.54, 1.807) is 12.1 Å². The monoisotopic (exact) mass is 456 g/mol. The van der Waals surface area contributed by atoms with Gasteiger partial charge in [0.2, 0.25) is 5.91 Å². The zero-order valence-electron chi connectivity index (χ0n) is 16.3. The Balaban J connectivity index is 1.69. The summed E-state index contributed by atoms with van der Waals surface area (Å²) in [4.78, 5) is 28.7. The molecule has 2 heterocycles. The number of halogens is 1. The van der Waals surface area contributed by atoms with Crippen LogP contribution in [0.5, 0.6) is 0 Å². The van der Waals surface area contributed by atoms with Crippen molar-refractivity contribution >= 4 is 39.1 Å². The maximum absolute atomic E-state index is 12.6. The minimum atomic E-state index is -0.444. The van der Waals surface area contributed by atoms with Gasteiger partial charge in [0.05, 0.1) is 11.3 Å². The van der Waals surface area contributed by atoms with E-state index in [1.165, 1.54) is 19.3 Å². The number of carbonyl (C=O) groups excluding carboxylic acids is 2. The van der Waals surface area contributed by atoms with Crippen LogP contribution in [0.15, 0.2) is 40.9 Å². The van der Waals surface area contributed by atoms with Crippen LogP contribution in [-0.2, 0) is 6.54 Å². The van der Waals surface area contributed by atoms with Gasteiger partial charge >= 0.3 is 0 Å². The molecule has 0 atom stereocenters. The zero-order chi connectivity index (χ0) is 20.4. The summed E-state index contributed by atoms with van der Waals surface area (Å²) < 4.78 is 0.939. The number of carbonyl (C=O) groups is 2. The molecule has 2 aromatic carbocycles. The minimum absolute atomic E-state index is 0.0481. The lowest BCUT2D eigenvalue weighted by Gasteiger charge is -2.32. The van der Waals surface area contributed by atoms with Crippen molar-refractivity contribution in [1.29, 1.82) is 0 Å². The number of piperidine rings is 1. The Kier molecular flexibility index (Phi) is 5.87. The van der Waals surface area contributed by atoms with Crippen molar-refractivity contribution in [3.05, 3.63) is 57.6 Å². The lowest BCUT2D eigenvalue weighted by molar-refractivity contribution is 0.0964. The van der Waals surface area contributed by atoms with E-state index in [9.17, 15) is 9.59 Å². The maximum atomic E-state index is 12.6. The molecule has 4 rings (SSSR count). The van der Waals surface area contributed by atoms with Crippen LogP contribution in [0.1, 0.15) is 45.5 Å². The molecule has 1 fully saturated rings. The van der Waals surface area contributed by atoms with E-state index in [4.69, 9.17) is 5.73 Å². The molecule has 6 nitrogen and oxygen atoms in total. The Morgan fingerprint density at radius 3 is 2.52 bits per heavy atom. The summed E-state index contributed by atoms with van der Waals surface area (Å²) in [6, 6.07) is 11.3. The molecule has 0 aromatic heterocycles. The van der Waals surface area contributed by atoms with Crippen LogP contribution in [0.2, 0.25) is 0 Å². The fraction of sp³-hybridized carbons (Fsp3) is 0.364. The lowest BCUT2D eigenvalue weighted by Crippen LogP contribution is -2.36. The Labute approximate surface area is 179 Å². The SMILES string of the molecule is NC(=O)c1ccc(N(CCN2CCCCC2)c2ccc(Br)c3c2C(=O)NC3)cc1. The third-order valence-electron chi connectivity index (χ3n) is 5.73. The molecule has 2 amide bonds. The predicted molar refractivity (Wildman–Crippen MR) is 118 cm³/mol. The molecule has 0 unspecified atom stereocenters. The van der Waals surface area contributed by atoms with Gasteiger partial charge in [0.15, 0.2) is 0 Å². The first-order valence-electron chi connectivity index (χ1n) is 10.0. The standard InChI is InChI=1S/C22H25BrN4O2/c23-18-8-9-19(20-17(18)14-25-22(20)29)27(13-12-26-10-2-1-3-11-26)16-6-4-15(5-7-16)21(24)28/h4-9H,1-3,10-14H2,(H2,24,28)(H,25,29). The van der Waals surface area contributed by atoms with Crippen molar-refractivity contribution in [3.63, 3.8) is 0 Å². The average Bonchev–Trinajstić information content (AvgIpc) is 3.13. The first kappa shape index (κ1) is 19.9. The largest absolute Gasteiger partial charge is 0.366 e. The second-order valence-electron chi connectivity index (χ2n) is 7.57. The minimum Gasteiger partial charge on any atom is -0.366 e. The van der Waals surface area contributed by atoms with Gasteiger partial charge in [0, 0.05) is 40.9 Å². The molecule has 1 saturated heterocycles. The summed E-state index contributed by atoms with van der Waals surface area (Å²) in [6.45, 7) is 4.45. The van der Waals surface area contributed by atoms with Crippen molar-refractivity contribution in [1.82, 2.24) is 10.2 Å². The smallest absolute Gasteiger partial charge is 0.254 e. The topological polar surface area (TPSA) is 78.7 Å². The van der Waals surface area contributed by atoms with E-state index < -0.39 is 5.91 Å². The van der Waals surface area contributed by atoms with E-state index in [2.05, 4.69) is 31.0 Å². The fourth-order valence-electron chi connectivity index (χ4n) is 4.14. The van der Waals surface area contributed by atoms with Crippen LogP contribution in [0.25, 0.3) is 0 Å². The molecule has 7 heteroatoms. The first-order valence-corrected chi connectivity index (χ1v) is 10.8. The number of hydrogen-bond donors (Lipinski definition) is 2. The molecule has 0 saturated carbocycles. The van der Waals surface area contributed by atoms with Crippen molar-refractivity contribution < 1.29 is 9.59 Å². The van der Waals surface area contributed by atoms with Gasteiger partial charge in [-0.15, -0.1) is 0 Å². The molecule has 2 aromatic rings. The third kappa shape index (κ3) is 4.16. The number of benzene rings is 2. The van der Waals surface area contributed by atoms with Crippen LogP contribution in [0.3, 0.4) is 0 Å². The van der Waals surface area contributed by atoms with E-state index in [1.807, 2.05) is 24.3 Å². The Bertz CT molecular complexity index is 923. The summed E-state index contributed by atoms with van der Waals surface area (Å²) in [5.74, 6) is -0.492. The fourth-order valence-corrected chi connectivity index (χ4v) is 4.61. The van der Waals surface area contributed by atoms with Gasteiger partial charge in [-0.2, -0.15) is 0 Å². The highest BCUT2D eigenvalue weighted by Crippen LogP contribution is 2.36. The molecular formula is C22H25BrN4O2. The van der Waals surface area contributed by atoms with Crippen LogP contribution in [0, 0.1) is 0 Å². The van der Waals surface area contributed by atoms with Gasteiger partial charge in [-0.1, -0.05) is 22.4 Å². The Morgan fingerprint density at radius 2 is 1.83 bits per heavy atom. The van der Waals surface area contributed by atoms with Gasteiger partial charge in [-0.05, 0) is 62.3 Å². The van der Waals surface area contributed by atoms with Crippen LogP contribution in [0.4, 0.5) is 11.4 Å². The highest BCUT2D eigenvalue weighted by atomic mass is 79.9. The summed E-state index contributed by atoms with van der Waals surface area (Å²) in [5, 5.41) is 2.93. The Morgan fingerprint density at radius 1 is 1.10 bits per heavy atom. The maximum Gasteiger partial charge on any atom is 0.254 e. The second kappa shape index (κ2) is 8.55. The van der Waals surface area contributed by atoms with E-state index >= 15 is 0 Å². The zero-order valence-corrected chi connectivity index (χ0v) is 17.9. The molecule has 3 N–H and O–H groups in total. The van der Waals surface area contributed by atoms with Crippen molar-refractivity contribution in [2.45, 2.75) is 25.8 Å². The number of rotatable bonds is 6. The van der Waals surface area contributed by atoms with Crippen LogP contribution < -0.4 is 16.0 Å². The molecule has 0 bridgehead atoms. The average molecular weight is 457 g/mol. The number of likely N-dealkylation sites (tertiary alicyclic amines) is 1. The number of anilines is 2. The van der Waals surface area contributed by atoms with E-state index in [-0.39, 0.29) is 5.91 Å². The highest BCUT2D eigenvalue weighted by Gasteiger charge is 2.28. The summed E-state index contributed by atoms with van der Waals surface area (Å²) in [6.07, 6.45) is 3.78. The van der Waals surface area contributed by atoms with Crippen LogP contribution >= 0.6 is 15.9 Å². The number of hydrogen-bond acceptors (Lipinski definition) is 4. The molecule has 0 aliphatic carbocycles. The first-order chi connectivity index (χ1) is 14.0. The lowest BCUT2D eigenvalue weighted by atomic mass is 10.1. The van der Waals surface area contributed by atoms with Gasteiger partial charge in [0.1, 0.15) is 0 Å². The molecule has 29 heavy (non-hydrogen) atoms. The van der Waals surface area contributed by atoms with Gasteiger partial charge in [-0.25, -0.2) is 0 Å². The molecule has 2 aliphatic rings.